The molecule has 8 nitrogen and oxygen atoms in total. The molecule has 4 aromatic rings. The van der Waals surface area contributed by atoms with Crippen LogP contribution >= 0.6 is 15.9 Å². The first-order valence-electron chi connectivity index (χ1n) is 13.1. The first-order chi connectivity index (χ1) is 18.7. The Labute approximate surface area is 235 Å². The third-order valence-corrected chi connectivity index (χ3v) is 7.42. The number of carbonyl (C=O) groups is 1. The molecule has 1 unspecified atom stereocenters. The molecular formula is C30H31BrN4O4. The van der Waals surface area contributed by atoms with Gasteiger partial charge in [0.05, 0.1) is 27.6 Å². The van der Waals surface area contributed by atoms with Crippen molar-refractivity contribution in [2.75, 3.05) is 6.54 Å². The lowest BCUT2D eigenvalue weighted by Crippen LogP contribution is -2.38. The summed E-state index contributed by atoms with van der Waals surface area (Å²) in [5.41, 5.74) is 1.56. The number of unbranched alkanes of at least 4 members (excludes halogenated alkanes) is 3. The predicted octanol–water partition coefficient (Wildman–Crippen LogP) is 7.15. The van der Waals surface area contributed by atoms with E-state index in [4.69, 9.17) is 4.98 Å². The first-order valence-corrected chi connectivity index (χ1v) is 13.9. The number of para-hydroxylation sites is 1. The van der Waals surface area contributed by atoms with Crippen LogP contribution in [0.4, 0.5) is 5.69 Å². The molecule has 1 aromatic heterocycles. The number of fused-ring (bicyclic) bond motifs is 1. The van der Waals surface area contributed by atoms with Crippen molar-refractivity contribution in [3.63, 3.8) is 0 Å². The highest BCUT2D eigenvalue weighted by Gasteiger charge is 2.28. The van der Waals surface area contributed by atoms with E-state index in [2.05, 4.69) is 22.9 Å². The molecule has 1 amide bonds. The third-order valence-electron chi connectivity index (χ3n) is 6.89. The van der Waals surface area contributed by atoms with Crippen LogP contribution in [0.25, 0.3) is 16.6 Å². The highest BCUT2D eigenvalue weighted by atomic mass is 79.9. The monoisotopic (exact) mass is 590 g/mol. The Balaban J connectivity index is 1.86. The Morgan fingerprint density at radius 1 is 1.08 bits per heavy atom. The smallest absolute Gasteiger partial charge is 0.273 e. The number of benzene rings is 3. The Morgan fingerprint density at radius 3 is 2.49 bits per heavy atom. The van der Waals surface area contributed by atoms with E-state index in [1.54, 1.807) is 46.7 Å². The molecular weight excluding hydrogens is 560 g/mol. The molecule has 3 aromatic carbocycles. The molecule has 202 valence electrons. The Morgan fingerprint density at radius 2 is 1.79 bits per heavy atom. The summed E-state index contributed by atoms with van der Waals surface area (Å²) < 4.78 is 2.43. The number of hydrogen-bond acceptors (Lipinski definition) is 5. The van der Waals surface area contributed by atoms with E-state index in [1.165, 1.54) is 6.07 Å². The van der Waals surface area contributed by atoms with Gasteiger partial charge in [-0.2, -0.15) is 0 Å². The fraction of sp³-hybridized carbons (Fsp3) is 0.300. The summed E-state index contributed by atoms with van der Waals surface area (Å²) in [6.07, 6.45) is 3.77. The minimum Gasteiger partial charge on any atom is -0.329 e. The molecule has 9 heteroatoms. The number of carbonyl (C=O) groups excluding carboxylic acids is 1. The van der Waals surface area contributed by atoms with Crippen LogP contribution in [0.2, 0.25) is 0 Å². The predicted molar refractivity (Wildman–Crippen MR) is 156 cm³/mol. The second kappa shape index (κ2) is 12.3. The fourth-order valence-corrected chi connectivity index (χ4v) is 4.96. The standard InChI is InChI=1S/C30H31BrN4O4/c1-4-5-6-9-18-33(29(36)22-13-12-20(2)27(19-22)35(38)39)21(3)28-32-26-11-8-7-10-25(26)30(37)34(28)24-16-14-23(31)15-17-24/h7-8,10-17,19,21H,4-6,9,18H2,1-3H3. The van der Waals surface area contributed by atoms with Crippen LogP contribution in [0.1, 0.15) is 67.3 Å². The number of nitro benzene ring substituents is 1. The summed E-state index contributed by atoms with van der Waals surface area (Å²) in [5.74, 6) is 0.0818. The van der Waals surface area contributed by atoms with Crippen LogP contribution < -0.4 is 5.56 Å². The molecule has 0 aliphatic rings. The third kappa shape index (κ3) is 6.09. The summed E-state index contributed by atoms with van der Waals surface area (Å²) in [7, 11) is 0. The van der Waals surface area contributed by atoms with Gasteiger partial charge in [0.2, 0.25) is 0 Å². The molecule has 4 rings (SSSR count). The molecule has 0 spiro atoms. The van der Waals surface area contributed by atoms with Crippen molar-refractivity contribution in [2.24, 2.45) is 0 Å². The van der Waals surface area contributed by atoms with Crippen LogP contribution in [0.5, 0.6) is 0 Å². The van der Waals surface area contributed by atoms with Gasteiger partial charge in [0.25, 0.3) is 17.2 Å². The summed E-state index contributed by atoms with van der Waals surface area (Å²) >= 11 is 3.45. The van der Waals surface area contributed by atoms with Crippen LogP contribution in [-0.4, -0.2) is 31.8 Å². The lowest BCUT2D eigenvalue weighted by molar-refractivity contribution is -0.385. The van der Waals surface area contributed by atoms with E-state index in [0.717, 1.165) is 30.2 Å². The minimum absolute atomic E-state index is 0.102. The largest absolute Gasteiger partial charge is 0.329 e. The lowest BCUT2D eigenvalue weighted by Gasteiger charge is -2.31. The number of rotatable bonds is 10. The Hall–Kier alpha value is -3.85. The van der Waals surface area contributed by atoms with E-state index in [0.29, 0.717) is 34.5 Å². The number of aromatic nitrogens is 2. The molecule has 0 radical (unpaired) electrons. The van der Waals surface area contributed by atoms with Gasteiger partial charge in [0.1, 0.15) is 5.82 Å². The maximum absolute atomic E-state index is 13.9. The van der Waals surface area contributed by atoms with Gasteiger partial charge in [-0.05, 0) is 62.7 Å². The van der Waals surface area contributed by atoms with Crippen LogP contribution in [-0.2, 0) is 0 Å². The van der Waals surface area contributed by atoms with Gasteiger partial charge < -0.3 is 4.90 Å². The maximum atomic E-state index is 13.9. The molecule has 0 bridgehead atoms. The van der Waals surface area contributed by atoms with Gasteiger partial charge in [0.15, 0.2) is 0 Å². The molecule has 0 N–H and O–H groups in total. The Kier molecular flexibility index (Phi) is 8.91. The van der Waals surface area contributed by atoms with E-state index in [1.807, 2.05) is 37.3 Å². The number of nitro groups is 1. The van der Waals surface area contributed by atoms with E-state index < -0.39 is 11.0 Å². The molecule has 0 fully saturated rings. The van der Waals surface area contributed by atoms with E-state index >= 15 is 0 Å². The van der Waals surface area contributed by atoms with Gasteiger partial charge in [-0.15, -0.1) is 0 Å². The number of halogens is 1. The average Bonchev–Trinajstić information content (AvgIpc) is 2.93. The van der Waals surface area contributed by atoms with Gasteiger partial charge in [-0.25, -0.2) is 4.98 Å². The summed E-state index contributed by atoms with van der Waals surface area (Å²) in [5, 5.41) is 12.1. The number of amides is 1. The zero-order valence-electron chi connectivity index (χ0n) is 22.3. The van der Waals surface area contributed by atoms with Crippen molar-refractivity contribution in [1.29, 1.82) is 0 Å². The fourth-order valence-electron chi connectivity index (χ4n) is 4.69. The van der Waals surface area contributed by atoms with Gasteiger partial charge >= 0.3 is 0 Å². The molecule has 0 saturated carbocycles. The van der Waals surface area contributed by atoms with Crippen molar-refractivity contribution >= 4 is 38.4 Å². The van der Waals surface area contributed by atoms with Crippen LogP contribution in [0, 0.1) is 17.0 Å². The molecule has 1 heterocycles. The van der Waals surface area contributed by atoms with E-state index in [-0.39, 0.29) is 22.7 Å². The van der Waals surface area contributed by atoms with Crippen molar-refractivity contribution in [2.45, 2.75) is 52.5 Å². The average molecular weight is 592 g/mol. The molecule has 0 aliphatic carbocycles. The number of hydrogen-bond donors (Lipinski definition) is 0. The quantitative estimate of drug-likeness (QED) is 0.111. The second-order valence-electron chi connectivity index (χ2n) is 9.60. The summed E-state index contributed by atoms with van der Waals surface area (Å²) in [6.45, 7) is 6.04. The van der Waals surface area contributed by atoms with Crippen molar-refractivity contribution in [1.82, 2.24) is 14.5 Å². The highest BCUT2D eigenvalue weighted by Crippen LogP contribution is 2.27. The van der Waals surface area contributed by atoms with Gasteiger partial charge in [-0.1, -0.05) is 60.3 Å². The molecule has 39 heavy (non-hydrogen) atoms. The topological polar surface area (TPSA) is 98.3 Å². The van der Waals surface area contributed by atoms with Crippen LogP contribution in [0.3, 0.4) is 0 Å². The highest BCUT2D eigenvalue weighted by molar-refractivity contribution is 9.10. The normalized spacial score (nSPS) is 11.9. The molecule has 1 atom stereocenters. The van der Waals surface area contributed by atoms with Gasteiger partial charge in [0, 0.05) is 28.2 Å². The van der Waals surface area contributed by atoms with Gasteiger partial charge in [-0.3, -0.25) is 24.3 Å². The van der Waals surface area contributed by atoms with Crippen molar-refractivity contribution in [3.05, 3.63) is 109 Å². The SMILES string of the molecule is CCCCCCN(C(=O)c1ccc(C)c([N+](=O)[O-])c1)C(C)c1nc2ccccc2c(=O)n1-c1ccc(Br)cc1. The first kappa shape index (κ1) is 28.2. The maximum Gasteiger partial charge on any atom is 0.273 e. The Bertz CT molecular complexity index is 1570. The minimum atomic E-state index is -0.597. The lowest BCUT2D eigenvalue weighted by atomic mass is 10.1. The van der Waals surface area contributed by atoms with Crippen molar-refractivity contribution < 1.29 is 9.72 Å². The zero-order valence-corrected chi connectivity index (χ0v) is 23.8. The number of nitrogens with zero attached hydrogens (tertiary/aromatic N) is 4. The van der Waals surface area contributed by atoms with E-state index in [9.17, 15) is 19.7 Å². The summed E-state index contributed by atoms with van der Waals surface area (Å²) in [4.78, 5) is 45.4. The molecule has 0 saturated heterocycles. The second-order valence-corrected chi connectivity index (χ2v) is 10.5. The van der Waals surface area contributed by atoms with Crippen LogP contribution in [0.15, 0.2) is 76.0 Å². The summed E-state index contributed by atoms with van der Waals surface area (Å²) in [6, 6.07) is 18.5. The number of aryl methyl sites for hydroxylation is 1. The zero-order chi connectivity index (χ0) is 28.1. The molecule has 0 aliphatic heterocycles. The van der Waals surface area contributed by atoms with Crippen molar-refractivity contribution in [3.8, 4) is 5.69 Å².